The maximum absolute atomic E-state index is 12.9. The lowest BCUT2D eigenvalue weighted by Gasteiger charge is -2.18. The predicted molar refractivity (Wildman–Crippen MR) is 352 cm³/mol. The van der Waals surface area contributed by atoms with Gasteiger partial charge in [0, 0.05) is 19.3 Å². The molecule has 0 N–H and O–H groups in total. The number of carbonyl (C=O) groups is 3. The maximum atomic E-state index is 12.9. The first-order valence-electron chi connectivity index (χ1n) is 31.9. The average Bonchev–Trinajstić information content (AvgIpc) is 3.47. The van der Waals surface area contributed by atoms with Crippen molar-refractivity contribution >= 4 is 17.9 Å². The zero-order chi connectivity index (χ0) is 58.5. The van der Waals surface area contributed by atoms with Gasteiger partial charge in [0.1, 0.15) is 13.2 Å². The van der Waals surface area contributed by atoms with E-state index in [1.54, 1.807) is 0 Å². The Hall–Kier alpha value is -5.75. The van der Waals surface area contributed by atoms with Crippen molar-refractivity contribution in [3.8, 4) is 0 Å². The molecule has 0 saturated heterocycles. The number of rotatable bonds is 55. The topological polar surface area (TPSA) is 78.9 Å². The van der Waals surface area contributed by atoms with E-state index in [2.05, 4.69) is 203 Å². The average molecular weight is 1110 g/mol. The van der Waals surface area contributed by atoms with E-state index in [4.69, 9.17) is 14.2 Å². The normalized spacial score (nSPS) is 13.5. The molecule has 6 heteroatoms. The van der Waals surface area contributed by atoms with Gasteiger partial charge in [0.25, 0.3) is 0 Å². The lowest BCUT2D eigenvalue weighted by Crippen LogP contribution is -2.30. The molecule has 0 amide bonds. The van der Waals surface area contributed by atoms with Crippen LogP contribution in [0.3, 0.4) is 0 Å². The van der Waals surface area contributed by atoms with Gasteiger partial charge in [-0.3, -0.25) is 14.4 Å². The Bertz CT molecular complexity index is 1950. The second-order valence-electron chi connectivity index (χ2n) is 20.2. The van der Waals surface area contributed by atoms with Crippen LogP contribution in [0.25, 0.3) is 0 Å². The number of esters is 3. The summed E-state index contributed by atoms with van der Waals surface area (Å²) in [5, 5.41) is 0. The quantitative estimate of drug-likeness (QED) is 0.0261. The second kappa shape index (κ2) is 66.8. The van der Waals surface area contributed by atoms with Gasteiger partial charge >= 0.3 is 17.9 Å². The van der Waals surface area contributed by atoms with Gasteiger partial charge in [0.2, 0.25) is 0 Å². The van der Waals surface area contributed by atoms with E-state index in [-0.39, 0.29) is 50.4 Å². The van der Waals surface area contributed by atoms with Gasteiger partial charge in [-0.15, -0.1) is 0 Å². The van der Waals surface area contributed by atoms with Crippen molar-refractivity contribution < 1.29 is 28.6 Å². The van der Waals surface area contributed by atoms with Crippen LogP contribution in [0.1, 0.15) is 239 Å². The number of hydrogen-bond donors (Lipinski definition) is 0. The first kappa shape index (κ1) is 75.2. The van der Waals surface area contributed by atoms with E-state index in [9.17, 15) is 14.4 Å². The summed E-state index contributed by atoms with van der Waals surface area (Å²) in [5.41, 5.74) is 0. The molecule has 450 valence electrons. The SMILES string of the molecule is CC/C=C\C/C=C\C/C=C\C/C=C\C/C=C\C/C=C\C/C=C\CCCC(=O)OCC(COC(=O)CC/C=C\C/C=C\C/C=C\C/C=C\C/C=C\C/C=C\CC)OC(=O)CCCCCCCC/C=C\C/C=C\C/C=C\CCCCCCC. The van der Waals surface area contributed by atoms with E-state index < -0.39 is 6.10 Å². The summed E-state index contributed by atoms with van der Waals surface area (Å²) in [4.78, 5) is 38.3. The van der Waals surface area contributed by atoms with Crippen molar-refractivity contribution in [2.75, 3.05) is 13.2 Å². The van der Waals surface area contributed by atoms with Gasteiger partial charge in [0.15, 0.2) is 6.10 Å². The van der Waals surface area contributed by atoms with Gasteiger partial charge in [-0.2, -0.15) is 0 Å². The molecule has 1 atom stereocenters. The van der Waals surface area contributed by atoms with E-state index in [1.807, 2.05) is 12.2 Å². The van der Waals surface area contributed by atoms with Crippen molar-refractivity contribution in [3.63, 3.8) is 0 Å². The van der Waals surface area contributed by atoms with Crippen LogP contribution in [0.2, 0.25) is 0 Å². The lowest BCUT2D eigenvalue weighted by atomic mass is 10.1. The van der Waals surface area contributed by atoms with E-state index in [1.165, 1.54) is 51.4 Å². The molecule has 1 unspecified atom stereocenters. The Kier molecular flexibility index (Phi) is 62.0. The predicted octanol–water partition coefficient (Wildman–Crippen LogP) is 22.2. The molecule has 0 saturated carbocycles. The van der Waals surface area contributed by atoms with Gasteiger partial charge < -0.3 is 14.2 Å². The van der Waals surface area contributed by atoms with E-state index >= 15 is 0 Å². The molecule has 0 aromatic carbocycles. The Morgan fingerprint density at radius 3 is 0.864 bits per heavy atom. The third kappa shape index (κ3) is 64.9. The van der Waals surface area contributed by atoms with Crippen molar-refractivity contribution in [1.82, 2.24) is 0 Å². The third-order valence-electron chi connectivity index (χ3n) is 12.6. The molecular weight excluding hydrogens is 997 g/mol. The molecule has 0 radical (unpaired) electrons. The highest BCUT2D eigenvalue weighted by Crippen LogP contribution is 2.12. The minimum atomic E-state index is -0.854. The first-order valence-corrected chi connectivity index (χ1v) is 31.9. The highest BCUT2D eigenvalue weighted by molar-refractivity contribution is 5.71. The zero-order valence-corrected chi connectivity index (χ0v) is 51.5. The molecule has 81 heavy (non-hydrogen) atoms. The standard InChI is InChI=1S/C75H114O6/c1-4-7-10-13-16-19-22-25-28-31-34-36-37-39-41-44-47-50-53-56-59-62-65-68-74(77)80-71-72(70-79-73(76)67-64-61-58-55-52-49-46-43-40-33-30-27-24-21-18-15-12-9-6-3)81-75(78)69-66-63-60-57-54-51-48-45-42-38-35-32-29-26-23-20-17-14-11-8-5-2/h7,9-10,12,16,18-19,21,23,25-28,30,32,34-36,39-43,45,47,49-50,52,56,58-59,61,72H,4-6,8,11,13-15,17,20,22,24,29,31,33,37-38,44,46,48,51,53-55,57,60,62-71H2,1-3H3/b10-7-,12-9-,19-16-,21-18-,26-23-,28-25-,30-27-,35-32-,36-34-,41-39-,43-40-,45-42-,50-47-,52-49-,59-56-,61-58-. The molecule has 0 aliphatic heterocycles. The fourth-order valence-electron chi connectivity index (χ4n) is 7.87. The molecular formula is C75H114O6. The highest BCUT2D eigenvalue weighted by atomic mass is 16.6. The highest BCUT2D eigenvalue weighted by Gasteiger charge is 2.19. The van der Waals surface area contributed by atoms with Gasteiger partial charge in [0.05, 0.1) is 0 Å². The van der Waals surface area contributed by atoms with Gasteiger partial charge in [-0.1, -0.05) is 267 Å². The van der Waals surface area contributed by atoms with Crippen LogP contribution in [0.5, 0.6) is 0 Å². The fourth-order valence-corrected chi connectivity index (χ4v) is 7.87. The molecule has 0 rings (SSSR count). The summed E-state index contributed by atoms with van der Waals surface area (Å²) in [6.45, 7) is 6.26. The van der Waals surface area contributed by atoms with Crippen LogP contribution in [-0.2, 0) is 28.6 Å². The lowest BCUT2D eigenvalue weighted by molar-refractivity contribution is -0.166. The monoisotopic (exact) mass is 1110 g/mol. The van der Waals surface area contributed by atoms with Crippen molar-refractivity contribution in [3.05, 3.63) is 194 Å². The first-order chi connectivity index (χ1) is 40.0. The second-order valence-corrected chi connectivity index (χ2v) is 20.2. The fraction of sp³-hybridized carbons (Fsp3) is 0.533. The molecule has 0 spiro atoms. The number of allylic oxidation sites excluding steroid dienone is 32. The van der Waals surface area contributed by atoms with Crippen LogP contribution in [0.15, 0.2) is 194 Å². The van der Waals surface area contributed by atoms with Gasteiger partial charge in [-0.05, 0) is 148 Å². The largest absolute Gasteiger partial charge is 0.462 e. The van der Waals surface area contributed by atoms with Crippen molar-refractivity contribution in [2.24, 2.45) is 0 Å². The summed E-state index contributed by atoms with van der Waals surface area (Å²) < 4.78 is 16.8. The van der Waals surface area contributed by atoms with Crippen LogP contribution >= 0.6 is 0 Å². The molecule has 0 aromatic heterocycles. The summed E-state index contributed by atoms with van der Waals surface area (Å²) in [5.74, 6) is -1.11. The van der Waals surface area contributed by atoms with Gasteiger partial charge in [-0.25, -0.2) is 0 Å². The molecule has 0 fully saturated rings. The Morgan fingerprint density at radius 2 is 0.519 bits per heavy atom. The van der Waals surface area contributed by atoms with Crippen LogP contribution < -0.4 is 0 Å². The summed E-state index contributed by atoms with van der Waals surface area (Å²) in [6, 6.07) is 0. The van der Waals surface area contributed by atoms with Crippen LogP contribution in [0, 0.1) is 0 Å². The molecule has 6 nitrogen and oxygen atoms in total. The minimum Gasteiger partial charge on any atom is -0.462 e. The smallest absolute Gasteiger partial charge is 0.306 e. The molecule has 0 aliphatic carbocycles. The summed E-state index contributed by atoms with van der Waals surface area (Å²) in [7, 11) is 0. The van der Waals surface area contributed by atoms with Crippen molar-refractivity contribution in [2.45, 2.75) is 245 Å². The van der Waals surface area contributed by atoms with Crippen LogP contribution in [0.4, 0.5) is 0 Å². The third-order valence-corrected chi connectivity index (χ3v) is 12.6. The summed E-state index contributed by atoms with van der Waals surface area (Å²) in [6.07, 6.45) is 102. The number of unbranched alkanes of at least 4 members (excludes halogenated alkanes) is 12. The Balaban J connectivity index is 4.66. The zero-order valence-electron chi connectivity index (χ0n) is 51.5. The molecule has 0 aliphatic rings. The van der Waals surface area contributed by atoms with E-state index in [0.717, 1.165) is 135 Å². The molecule has 0 heterocycles. The molecule has 0 bridgehead atoms. The Labute approximate surface area is 497 Å². The number of carbonyl (C=O) groups excluding carboxylic acids is 3. The molecule has 0 aromatic rings. The van der Waals surface area contributed by atoms with Crippen molar-refractivity contribution in [1.29, 1.82) is 0 Å². The number of hydrogen-bond acceptors (Lipinski definition) is 6. The Morgan fingerprint density at radius 1 is 0.259 bits per heavy atom. The number of ether oxygens (including phenoxy) is 3. The minimum absolute atomic E-state index is 0.148. The maximum Gasteiger partial charge on any atom is 0.306 e. The van der Waals surface area contributed by atoms with Crippen LogP contribution in [-0.4, -0.2) is 37.2 Å². The summed E-state index contributed by atoms with van der Waals surface area (Å²) >= 11 is 0. The van der Waals surface area contributed by atoms with E-state index in [0.29, 0.717) is 12.8 Å².